The second-order valence-corrected chi connectivity index (χ2v) is 12.0. The minimum atomic E-state index is -1.55. The molecule has 8 nitrogen and oxygen atoms in total. The molecule has 2 aromatic heterocycles. The van der Waals surface area contributed by atoms with Gasteiger partial charge in [0.15, 0.2) is 5.78 Å². The van der Waals surface area contributed by atoms with Crippen LogP contribution in [0.3, 0.4) is 0 Å². The number of rotatable bonds is 10. The summed E-state index contributed by atoms with van der Waals surface area (Å²) in [7, 11) is 0. The Bertz CT molecular complexity index is 1670. The molecule has 2 atom stereocenters. The van der Waals surface area contributed by atoms with Crippen LogP contribution in [0.15, 0.2) is 59.4 Å². The monoisotopic (exact) mass is 587 g/mol. The number of pyridine rings is 1. The van der Waals surface area contributed by atoms with Crippen LogP contribution < -0.4 is 15.2 Å². The lowest BCUT2D eigenvalue weighted by molar-refractivity contribution is -0.123. The Morgan fingerprint density at radius 1 is 1.21 bits per heavy atom. The number of primary amides is 1. The molecular formula is C32H30FN3O5S. The molecule has 3 N–H and O–H groups in total. The third-order valence-electron chi connectivity index (χ3n) is 7.95. The van der Waals surface area contributed by atoms with Crippen LogP contribution in [0.5, 0.6) is 11.5 Å². The normalized spacial score (nSPS) is 19.0. The summed E-state index contributed by atoms with van der Waals surface area (Å²) in [5.74, 6) is -0.169. The van der Waals surface area contributed by atoms with Crippen molar-refractivity contribution in [3.63, 3.8) is 0 Å². The maximum Gasteiger partial charge on any atom is 0.231 e. The number of aromatic nitrogens is 2. The second-order valence-electron chi connectivity index (χ2n) is 11.3. The van der Waals surface area contributed by atoms with Gasteiger partial charge in [-0.15, -0.1) is 11.3 Å². The van der Waals surface area contributed by atoms with Gasteiger partial charge in [0.2, 0.25) is 5.91 Å². The number of nitrogens with zero attached hydrogens (tertiary/aromatic N) is 2. The molecule has 3 heterocycles. The summed E-state index contributed by atoms with van der Waals surface area (Å²) in [6, 6.07) is 12.7. The van der Waals surface area contributed by atoms with Crippen LogP contribution in [0.4, 0.5) is 4.39 Å². The molecule has 0 saturated heterocycles. The fourth-order valence-corrected chi connectivity index (χ4v) is 5.56. The lowest BCUT2D eigenvalue weighted by atomic mass is 9.81. The van der Waals surface area contributed by atoms with Crippen LogP contribution in [0.1, 0.15) is 61.1 Å². The molecule has 2 aromatic carbocycles. The zero-order valence-electron chi connectivity index (χ0n) is 23.2. The lowest BCUT2D eigenvalue weighted by Crippen LogP contribution is -2.40. The zero-order chi connectivity index (χ0) is 29.6. The van der Waals surface area contributed by atoms with Crippen molar-refractivity contribution in [3.8, 4) is 34.0 Å². The van der Waals surface area contributed by atoms with Gasteiger partial charge in [0.05, 0.1) is 23.0 Å². The molecule has 216 valence electrons. The Kier molecular flexibility index (Phi) is 7.06. The first kappa shape index (κ1) is 28.0. The summed E-state index contributed by atoms with van der Waals surface area (Å²) < 4.78 is 25.7. The minimum absolute atomic E-state index is 0.0137. The van der Waals surface area contributed by atoms with Crippen molar-refractivity contribution < 1.29 is 28.6 Å². The van der Waals surface area contributed by atoms with Gasteiger partial charge in [-0.05, 0) is 75.6 Å². The molecule has 1 fully saturated rings. The highest BCUT2D eigenvalue weighted by Crippen LogP contribution is 2.46. The van der Waals surface area contributed by atoms with E-state index >= 15 is 0 Å². The molecule has 1 amide bonds. The van der Waals surface area contributed by atoms with Gasteiger partial charge in [-0.1, -0.05) is 6.07 Å². The smallest absolute Gasteiger partial charge is 0.231 e. The zero-order valence-corrected chi connectivity index (χ0v) is 24.0. The summed E-state index contributed by atoms with van der Waals surface area (Å²) in [4.78, 5) is 34.9. The highest BCUT2D eigenvalue weighted by Gasteiger charge is 2.45. The van der Waals surface area contributed by atoms with Crippen molar-refractivity contribution in [1.82, 2.24) is 9.97 Å². The van der Waals surface area contributed by atoms with Crippen molar-refractivity contribution in [2.24, 2.45) is 5.73 Å². The van der Waals surface area contributed by atoms with Crippen molar-refractivity contribution in [3.05, 3.63) is 82.1 Å². The predicted octanol–water partition coefficient (Wildman–Crippen LogP) is 5.56. The van der Waals surface area contributed by atoms with Gasteiger partial charge in [-0.2, -0.15) is 0 Å². The first-order valence-corrected chi connectivity index (χ1v) is 14.7. The molecule has 6 rings (SSSR count). The summed E-state index contributed by atoms with van der Waals surface area (Å²) in [6.07, 6.45) is 2.18. The molecule has 1 aliphatic carbocycles. The third-order valence-corrected chi connectivity index (χ3v) is 8.54. The number of thiazole rings is 1. The molecule has 0 unspecified atom stereocenters. The first-order valence-electron chi connectivity index (χ1n) is 13.7. The van der Waals surface area contributed by atoms with E-state index in [1.165, 1.54) is 23.5 Å². The molecule has 10 heteroatoms. The van der Waals surface area contributed by atoms with E-state index in [1.54, 1.807) is 49.7 Å². The number of carbonyl (C=O) groups excluding carboxylic acids is 2. The minimum Gasteiger partial charge on any atom is -0.490 e. The van der Waals surface area contributed by atoms with Crippen molar-refractivity contribution >= 4 is 23.0 Å². The average Bonchev–Trinajstić information content (AvgIpc) is 3.48. The molecule has 0 spiro atoms. The standard InChI is InChI=1S/C32H30FN3O5S/c1-31(30(34)38)16-40-29-23(31)14-27(36-28(29)18-3-6-20(33)7-4-18)32(2,39)12-11-25(37)19-5-10-22(24-15-42-17-35-24)26(13-19)41-21-8-9-21/h3-7,10,13-15,17,21,39H,8-9,11-12,16H2,1-2H3,(H2,34,38)/t31-,32-/m0/s1. The molecule has 1 aliphatic heterocycles. The maximum absolute atomic E-state index is 13.7. The van der Waals surface area contributed by atoms with Crippen LogP contribution in [0.25, 0.3) is 22.5 Å². The molecule has 0 bridgehead atoms. The number of ether oxygens (including phenoxy) is 2. The van der Waals surface area contributed by atoms with E-state index in [0.717, 1.165) is 24.1 Å². The number of nitrogens with two attached hydrogens (primary N) is 1. The number of benzene rings is 2. The van der Waals surface area contributed by atoms with Gasteiger partial charge >= 0.3 is 0 Å². The number of hydrogen-bond acceptors (Lipinski definition) is 8. The topological polar surface area (TPSA) is 125 Å². The Balaban J connectivity index is 1.29. The average molecular weight is 588 g/mol. The maximum atomic E-state index is 13.7. The number of Topliss-reactive ketones (excluding diaryl/α,β-unsaturated/α-hetero) is 1. The van der Waals surface area contributed by atoms with E-state index < -0.39 is 22.7 Å². The van der Waals surface area contributed by atoms with Gasteiger partial charge < -0.3 is 20.3 Å². The summed E-state index contributed by atoms with van der Waals surface area (Å²) in [6.45, 7) is 3.27. The van der Waals surface area contributed by atoms with Crippen LogP contribution in [-0.2, 0) is 15.8 Å². The molecule has 0 radical (unpaired) electrons. The summed E-state index contributed by atoms with van der Waals surface area (Å²) in [5, 5.41) is 13.6. The fourth-order valence-electron chi connectivity index (χ4n) is 5.01. The van der Waals surface area contributed by atoms with E-state index in [2.05, 4.69) is 4.98 Å². The lowest BCUT2D eigenvalue weighted by Gasteiger charge is -2.26. The quantitative estimate of drug-likeness (QED) is 0.233. The molecule has 4 aromatic rings. The molecule has 42 heavy (non-hydrogen) atoms. The van der Waals surface area contributed by atoms with Crippen LogP contribution in [0, 0.1) is 5.82 Å². The second kappa shape index (κ2) is 10.6. The van der Waals surface area contributed by atoms with Gasteiger partial charge in [0, 0.05) is 34.1 Å². The van der Waals surface area contributed by atoms with Crippen LogP contribution >= 0.6 is 11.3 Å². The van der Waals surface area contributed by atoms with Gasteiger partial charge in [0.1, 0.15) is 40.6 Å². The number of amides is 1. The Hall–Kier alpha value is -4.15. The Morgan fingerprint density at radius 2 is 1.98 bits per heavy atom. The van der Waals surface area contributed by atoms with Gasteiger partial charge in [0.25, 0.3) is 0 Å². The van der Waals surface area contributed by atoms with Crippen molar-refractivity contribution in [2.45, 2.75) is 56.7 Å². The number of aliphatic hydroxyl groups is 1. The third kappa shape index (κ3) is 5.28. The number of hydrogen-bond donors (Lipinski definition) is 2. The number of carbonyl (C=O) groups is 2. The van der Waals surface area contributed by atoms with Gasteiger partial charge in [-0.3, -0.25) is 9.59 Å². The fraction of sp³-hybridized carbons (Fsp3) is 0.312. The first-order chi connectivity index (χ1) is 20.0. The van der Waals surface area contributed by atoms with Gasteiger partial charge in [-0.25, -0.2) is 14.4 Å². The largest absolute Gasteiger partial charge is 0.490 e. The van der Waals surface area contributed by atoms with E-state index in [9.17, 15) is 19.1 Å². The molecule has 2 aliphatic rings. The van der Waals surface area contributed by atoms with Crippen LogP contribution in [0.2, 0.25) is 0 Å². The summed E-state index contributed by atoms with van der Waals surface area (Å²) >= 11 is 1.49. The SMILES string of the molecule is C[C@](O)(CCC(=O)c1ccc(-c2cscn2)c(OC2CC2)c1)c1cc2c(c(-c3ccc(F)cc3)n1)OC[C@]2(C)C(N)=O. The highest BCUT2D eigenvalue weighted by molar-refractivity contribution is 7.07. The summed E-state index contributed by atoms with van der Waals surface area (Å²) in [5.41, 5.74) is 8.58. The van der Waals surface area contributed by atoms with Crippen LogP contribution in [-0.4, -0.2) is 39.5 Å². The van der Waals surface area contributed by atoms with E-state index in [4.69, 9.17) is 20.2 Å². The van der Waals surface area contributed by atoms with Crippen molar-refractivity contribution in [2.75, 3.05) is 6.61 Å². The highest BCUT2D eigenvalue weighted by atomic mass is 32.1. The number of fused-ring (bicyclic) bond motifs is 1. The Morgan fingerprint density at radius 3 is 2.64 bits per heavy atom. The molecule has 1 saturated carbocycles. The molecular weight excluding hydrogens is 557 g/mol. The van der Waals surface area contributed by atoms with E-state index in [0.29, 0.717) is 33.9 Å². The number of halogens is 1. The number of ketones is 1. The predicted molar refractivity (Wildman–Crippen MR) is 156 cm³/mol. The van der Waals surface area contributed by atoms with Crippen molar-refractivity contribution in [1.29, 1.82) is 0 Å². The van der Waals surface area contributed by atoms with E-state index in [-0.39, 0.29) is 37.0 Å². The van der Waals surface area contributed by atoms with E-state index in [1.807, 2.05) is 11.4 Å². The Labute approximate surface area is 246 Å².